The second-order valence-electron chi connectivity index (χ2n) is 2.41. The van der Waals surface area contributed by atoms with Gasteiger partial charge in [0.25, 0.3) is 0 Å². The zero-order valence-corrected chi connectivity index (χ0v) is 6.01. The number of aryl methyl sites for hydroxylation is 1. The van der Waals surface area contributed by atoms with Crippen LogP contribution in [0.3, 0.4) is 0 Å². The molecule has 0 aromatic heterocycles. The molecule has 0 saturated heterocycles. The van der Waals surface area contributed by atoms with E-state index in [2.05, 4.69) is 0 Å². The number of alkyl halides is 2. The van der Waals surface area contributed by atoms with Gasteiger partial charge in [-0.1, -0.05) is 29.8 Å². The Labute approximate surface area is 63.3 Å². The van der Waals surface area contributed by atoms with Crippen LogP contribution in [0.4, 0.5) is 8.78 Å². The number of aliphatic hydroxyl groups is 1. The van der Waals surface area contributed by atoms with Crippen molar-refractivity contribution >= 4 is 0 Å². The van der Waals surface area contributed by atoms with Gasteiger partial charge >= 0.3 is 6.11 Å². The Morgan fingerprint density at radius 1 is 1.18 bits per heavy atom. The molecule has 1 aromatic carbocycles. The summed E-state index contributed by atoms with van der Waals surface area (Å²) in [5.74, 6) is 0. The Kier molecular flexibility index (Phi) is 1.91. The van der Waals surface area contributed by atoms with Gasteiger partial charge in [-0.15, -0.1) is 0 Å². The smallest absolute Gasteiger partial charge is 0.332 e. The standard InChI is InChI=1S/C8H8F2O/c1-6-2-4-7(5-3-6)8(9,10)11/h2-5,11H,1H3. The summed E-state index contributed by atoms with van der Waals surface area (Å²) < 4.78 is 24.3. The molecule has 0 atom stereocenters. The van der Waals surface area contributed by atoms with Crippen LogP contribution in [0.2, 0.25) is 0 Å². The normalized spacial score (nSPS) is 11.6. The Morgan fingerprint density at radius 3 is 2.00 bits per heavy atom. The zero-order chi connectivity index (χ0) is 8.48. The van der Waals surface area contributed by atoms with E-state index in [9.17, 15) is 8.78 Å². The fraction of sp³-hybridized carbons (Fsp3) is 0.250. The molecule has 0 bridgehead atoms. The second kappa shape index (κ2) is 2.58. The van der Waals surface area contributed by atoms with Crippen molar-refractivity contribution in [2.24, 2.45) is 0 Å². The molecule has 0 spiro atoms. The quantitative estimate of drug-likeness (QED) is 0.663. The summed E-state index contributed by atoms with van der Waals surface area (Å²) in [7, 11) is 0. The van der Waals surface area contributed by atoms with Crippen LogP contribution in [0.25, 0.3) is 0 Å². The fourth-order valence-electron chi connectivity index (χ4n) is 0.754. The summed E-state index contributed by atoms with van der Waals surface area (Å²) in [4.78, 5) is 0. The van der Waals surface area contributed by atoms with Gasteiger partial charge in [0.2, 0.25) is 0 Å². The lowest BCUT2D eigenvalue weighted by atomic mass is 10.1. The molecule has 0 saturated carbocycles. The predicted molar refractivity (Wildman–Crippen MR) is 37.3 cm³/mol. The third-order valence-corrected chi connectivity index (χ3v) is 1.40. The van der Waals surface area contributed by atoms with Crippen molar-refractivity contribution in [2.45, 2.75) is 13.0 Å². The summed E-state index contributed by atoms with van der Waals surface area (Å²) in [6, 6.07) is 5.46. The number of benzene rings is 1. The first-order chi connectivity index (χ1) is 5.00. The van der Waals surface area contributed by atoms with E-state index in [0.717, 1.165) is 5.56 Å². The highest BCUT2D eigenvalue weighted by Crippen LogP contribution is 2.23. The highest BCUT2D eigenvalue weighted by atomic mass is 19.3. The summed E-state index contributed by atoms with van der Waals surface area (Å²) in [5, 5.41) is 8.25. The van der Waals surface area contributed by atoms with Gasteiger partial charge in [-0.05, 0) is 6.92 Å². The van der Waals surface area contributed by atoms with Gasteiger partial charge in [-0.2, -0.15) is 8.78 Å². The molecule has 3 heteroatoms. The summed E-state index contributed by atoms with van der Waals surface area (Å²) in [5.41, 5.74) is 0.515. The Balaban J connectivity index is 2.99. The van der Waals surface area contributed by atoms with E-state index in [0.29, 0.717) is 0 Å². The maximum absolute atomic E-state index is 12.1. The minimum absolute atomic E-state index is 0.372. The van der Waals surface area contributed by atoms with Gasteiger partial charge in [0.05, 0.1) is 5.56 Å². The number of rotatable bonds is 1. The van der Waals surface area contributed by atoms with Gasteiger partial charge in [-0.3, -0.25) is 0 Å². The largest absolute Gasteiger partial charge is 0.380 e. The van der Waals surface area contributed by atoms with E-state index in [1.807, 2.05) is 0 Å². The van der Waals surface area contributed by atoms with Crippen molar-refractivity contribution in [3.8, 4) is 0 Å². The predicted octanol–water partition coefficient (Wildman–Crippen LogP) is 2.04. The third kappa shape index (κ3) is 1.98. The fourth-order valence-corrected chi connectivity index (χ4v) is 0.754. The van der Waals surface area contributed by atoms with Crippen LogP contribution < -0.4 is 0 Å². The van der Waals surface area contributed by atoms with Crippen LogP contribution in [0.5, 0.6) is 0 Å². The minimum atomic E-state index is -3.71. The summed E-state index contributed by atoms with van der Waals surface area (Å²) in [6.07, 6.45) is -3.71. The molecule has 0 aliphatic rings. The van der Waals surface area contributed by atoms with Crippen molar-refractivity contribution in [3.05, 3.63) is 35.4 Å². The Hall–Kier alpha value is -0.960. The zero-order valence-electron chi connectivity index (χ0n) is 6.01. The van der Waals surface area contributed by atoms with Crippen molar-refractivity contribution in [1.29, 1.82) is 0 Å². The Morgan fingerprint density at radius 2 is 1.64 bits per heavy atom. The van der Waals surface area contributed by atoms with E-state index >= 15 is 0 Å². The number of hydrogen-bond donors (Lipinski definition) is 1. The highest BCUT2D eigenvalue weighted by Gasteiger charge is 2.26. The molecule has 0 aliphatic carbocycles. The molecule has 60 valence electrons. The van der Waals surface area contributed by atoms with Gasteiger partial charge in [0.1, 0.15) is 0 Å². The molecule has 1 aromatic rings. The molecule has 0 aliphatic heterocycles. The monoisotopic (exact) mass is 158 g/mol. The average Bonchev–Trinajstić information content (AvgIpc) is 1.86. The van der Waals surface area contributed by atoms with Crippen LogP contribution in [0, 0.1) is 6.92 Å². The summed E-state index contributed by atoms with van der Waals surface area (Å²) in [6.45, 7) is 1.79. The molecule has 0 unspecified atom stereocenters. The van der Waals surface area contributed by atoms with Crippen molar-refractivity contribution in [2.75, 3.05) is 0 Å². The van der Waals surface area contributed by atoms with Crippen molar-refractivity contribution in [3.63, 3.8) is 0 Å². The van der Waals surface area contributed by atoms with E-state index in [-0.39, 0.29) is 5.56 Å². The molecule has 0 fully saturated rings. The van der Waals surface area contributed by atoms with Gasteiger partial charge in [0, 0.05) is 0 Å². The Bertz CT molecular complexity index is 235. The summed E-state index contributed by atoms with van der Waals surface area (Å²) >= 11 is 0. The van der Waals surface area contributed by atoms with E-state index in [4.69, 9.17) is 5.11 Å². The molecule has 0 amide bonds. The first-order valence-electron chi connectivity index (χ1n) is 3.17. The van der Waals surface area contributed by atoms with Crippen LogP contribution in [0.15, 0.2) is 24.3 Å². The average molecular weight is 158 g/mol. The first kappa shape index (κ1) is 8.14. The van der Waals surface area contributed by atoms with Crippen molar-refractivity contribution in [1.82, 2.24) is 0 Å². The molecule has 0 heterocycles. The highest BCUT2D eigenvalue weighted by molar-refractivity contribution is 5.23. The van der Waals surface area contributed by atoms with E-state index < -0.39 is 6.11 Å². The molecular formula is C8H8F2O. The van der Waals surface area contributed by atoms with Gasteiger partial charge in [-0.25, -0.2) is 0 Å². The molecule has 1 nitrogen and oxygen atoms in total. The van der Waals surface area contributed by atoms with E-state index in [1.54, 1.807) is 6.92 Å². The lowest BCUT2D eigenvalue weighted by Crippen LogP contribution is -2.10. The van der Waals surface area contributed by atoms with Crippen LogP contribution in [-0.4, -0.2) is 5.11 Å². The van der Waals surface area contributed by atoms with Crippen LogP contribution in [0.1, 0.15) is 11.1 Å². The number of halogens is 2. The lowest BCUT2D eigenvalue weighted by molar-refractivity contribution is -0.208. The van der Waals surface area contributed by atoms with E-state index in [1.165, 1.54) is 24.3 Å². The molecule has 11 heavy (non-hydrogen) atoms. The number of hydrogen-bond acceptors (Lipinski definition) is 1. The molecule has 1 N–H and O–H groups in total. The van der Waals surface area contributed by atoms with Gasteiger partial charge < -0.3 is 5.11 Å². The molecule has 1 rings (SSSR count). The van der Waals surface area contributed by atoms with Crippen molar-refractivity contribution < 1.29 is 13.9 Å². The first-order valence-corrected chi connectivity index (χ1v) is 3.17. The molecular weight excluding hydrogens is 150 g/mol. The second-order valence-corrected chi connectivity index (χ2v) is 2.41. The lowest BCUT2D eigenvalue weighted by Gasteiger charge is -2.07. The maximum atomic E-state index is 12.1. The van der Waals surface area contributed by atoms with Gasteiger partial charge in [0.15, 0.2) is 0 Å². The third-order valence-electron chi connectivity index (χ3n) is 1.40. The van der Waals surface area contributed by atoms with Crippen LogP contribution >= 0.6 is 0 Å². The minimum Gasteiger partial charge on any atom is -0.332 e. The maximum Gasteiger partial charge on any atom is 0.380 e. The topological polar surface area (TPSA) is 20.2 Å². The van der Waals surface area contributed by atoms with Crippen LogP contribution in [-0.2, 0) is 6.11 Å². The molecule has 0 radical (unpaired) electrons. The SMILES string of the molecule is Cc1ccc(C(O)(F)F)cc1.